The highest BCUT2D eigenvalue weighted by atomic mass is 32.2. The number of para-hydroxylation sites is 1. The fraction of sp³-hybridized carbons (Fsp3) is 0.235. The van der Waals surface area contributed by atoms with Gasteiger partial charge in [-0.2, -0.15) is 10.5 Å². The third-order valence-electron chi connectivity index (χ3n) is 7.55. The second-order valence-electron chi connectivity index (χ2n) is 10.4. The Balaban J connectivity index is 1.48. The zero-order chi connectivity index (χ0) is 30.0. The minimum Gasteiger partial charge on any atom is -0.383 e. The maximum absolute atomic E-state index is 13.5. The molecule has 0 saturated carbocycles. The van der Waals surface area contributed by atoms with Crippen molar-refractivity contribution < 1.29 is 4.79 Å². The van der Waals surface area contributed by atoms with Gasteiger partial charge in [0.05, 0.1) is 10.8 Å². The number of aromatic nitrogens is 2. The van der Waals surface area contributed by atoms with Crippen molar-refractivity contribution in [1.29, 1.82) is 10.5 Å². The van der Waals surface area contributed by atoms with E-state index in [1.807, 2.05) is 61.5 Å². The average molecular weight is 573 g/mol. The molecule has 0 aliphatic heterocycles. The Bertz CT molecular complexity index is 1890. The van der Waals surface area contributed by atoms with Crippen LogP contribution in [0.1, 0.15) is 56.7 Å². The van der Waals surface area contributed by atoms with E-state index in [1.165, 1.54) is 11.8 Å². The number of fused-ring (bicyclic) bond motifs is 3. The number of hydrogen-bond acceptors (Lipinski definition) is 6. The van der Waals surface area contributed by atoms with Gasteiger partial charge in [-0.3, -0.25) is 4.79 Å². The van der Waals surface area contributed by atoms with Gasteiger partial charge >= 0.3 is 0 Å². The van der Waals surface area contributed by atoms with Crippen molar-refractivity contribution in [1.82, 2.24) is 9.55 Å². The summed E-state index contributed by atoms with van der Waals surface area (Å²) in [6, 6.07) is 26.4. The molecule has 0 aliphatic carbocycles. The van der Waals surface area contributed by atoms with Crippen LogP contribution in [0.4, 0.5) is 11.5 Å². The first-order chi connectivity index (χ1) is 20.3. The van der Waals surface area contributed by atoms with Crippen LogP contribution in [0.5, 0.6) is 0 Å². The molecule has 0 radical (unpaired) electrons. The molecule has 0 saturated heterocycles. The zero-order valence-corrected chi connectivity index (χ0v) is 24.9. The number of carbonyl (C=O) groups excluding carboxylic acids is 1. The summed E-state index contributed by atoms with van der Waals surface area (Å²) in [6.45, 7) is 9.09. The molecule has 5 rings (SSSR count). The first-order valence-corrected chi connectivity index (χ1v) is 14.9. The van der Waals surface area contributed by atoms with Crippen molar-refractivity contribution >= 4 is 51.0 Å². The number of pyridine rings is 1. The van der Waals surface area contributed by atoms with Crippen molar-refractivity contribution in [2.75, 3.05) is 11.1 Å². The van der Waals surface area contributed by atoms with E-state index in [2.05, 4.69) is 59.9 Å². The Morgan fingerprint density at radius 1 is 0.976 bits per heavy atom. The minimum atomic E-state index is -0.541. The number of thioether (sulfide) groups is 1. The molecule has 3 N–H and O–H groups in total. The molecule has 1 unspecified atom stereocenters. The number of nitrogens with zero attached hydrogens (tertiary/aromatic N) is 4. The summed E-state index contributed by atoms with van der Waals surface area (Å²) in [6.07, 6.45) is 0.499. The third kappa shape index (κ3) is 5.18. The van der Waals surface area contributed by atoms with E-state index in [1.54, 1.807) is 0 Å². The number of rotatable bonds is 8. The maximum atomic E-state index is 13.5. The number of hydrogen-bond donors (Lipinski definition) is 2. The number of benzene rings is 3. The molecule has 3 aromatic carbocycles. The molecule has 1 amide bonds. The average Bonchev–Trinajstić information content (AvgIpc) is 3.32. The first kappa shape index (κ1) is 28.7. The number of nitrogens with one attached hydrogen (secondary N) is 1. The molecular formula is C34H32N6OS. The number of anilines is 2. The fourth-order valence-corrected chi connectivity index (χ4v) is 6.38. The van der Waals surface area contributed by atoms with Crippen LogP contribution in [-0.4, -0.2) is 20.7 Å². The van der Waals surface area contributed by atoms with Gasteiger partial charge in [-0.25, -0.2) is 4.98 Å². The van der Waals surface area contributed by atoms with Crippen LogP contribution < -0.4 is 11.1 Å². The van der Waals surface area contributed by atoms with Gasteiger partial charge in [-0.15, -0.1) is 0 Å². The van der Waals surface area contributed by atoms with Gasteiger partial charge in [0.1, 0.15) is 28.5 Å². The minimum absolute atomic E-state index is 0.0370. The summed E-state index contributed by atoms with van der Waals surface area (Å²) in [4.78, 5) is 18.0. The standard InChI is InChI=1S/C34H32N6OS/c1-5-30(33(41)38-23-15-16-29-25(17-23)24-9-7-8-10-28(24)40(29)6-2)42-34-27(19-36)31(26(18-35)32(37)39-34)22-13-11-21(12-14-22)20(3)4/h7-17,20,30H,5-6H2,1-4H3,(H2,37,39)(H,38,41). The Kier molecular flexibility index (Phi) is 8.20. The molecule has 2 heterocycles. The van der Waals surface area contributed by atoms with Gasteiger partial charge in [-0.05, 0) is 54.7 Å². The lowest BCUT2D eigenvalue weighted by Crippen LogP contribution is -2.25. The first-order valence-electron chi connectivity index (χ1n) is 14.0. The van der Waals surface area contributed by atoms with Crippen LogP contribution in [0.2, 0.25) is 0 Å². The molecule has 0 aliphatic rings. The molecule has 0 fully saturated rings. The molecule has 2 aromatic heterocycles. The van der Waals surface area contributed by atoms with Gasteiger partial charge in [0, 0.05) is 39.6 Å². The Labute approximate surface area is 250 Å². The van der Waals surface area contributed by atoms with E-state index in [0.29, 0.717) is 34.2 Å². The summed E-state index contributed by atoms with van der Waals surface area (Å²) in [5.74, 6) is 0.181. The van der Waals surface area contributed by atoms with Crippen molar-refractivity contribution in [3.05, 3.63) is 83.4 Å². The normalized spacial score (nSPS) is 11.9. The number of nitriles is 2. The van der Waals surface area contributed by atoms with E-state index in [4.69, 9.17) is 5.73 Å². The predicted octanol–water partition coefficient (Wildman–Crippen LogP) is 7.83. The van der Waals surface area contributed by atoms with Crippen molar-refractivity contribution in [2.45, 2.75) is 56.9 Å². The Morgan fingerprint density at radius 2 is 1.67 bits per heavy atom. The monoisotopic (exact) mass is 572 g/mol. The zero-order valence-electron chi connectivity index (χ0n) is 24.1. The molecule has 210 valence electrons. The van der Waals surface area contributed by atoms with Crippen LogP contribution in [0, 0.1) is 22.7 Å². The van der Waals surface area contributed by atoms with Crippen LogP contribution >= 0.6 is 11.8 Å². The summed E-state index contributed by atoms with van der Waals surface area (Å²) in [5, 5.41) is 25.2. The third-order valence-corrected chi connectivity index (χ3v) is 8.91. The van der Waals surface area contributed by atoms with Gasteiger partial charge in [0.25, 0.3) is 0 Å². The lowest BCUT2D eigenvalue weighted by atomic mass is 9.94. The lowest BCUT2D eigenvalue weighted by molar-refractivity contribution is -0.115. The quantitative estimate of drug-likeness (QED) is 0.183. The van der Waals surface area contributed by atoms with Crippen molar-refractivity contribution in [3.63, 3.8) is 0 Å². The largest absolute Gasteiger partial charge is 0.383 e. The summed E-state index contributed by atoms with van der Waals surface area (Å²) < 4.78 is 2.26. The molecule has 1 atom stereocenters. The van der Waals surface area contributed by atoms with Crippen molar-refractivity contribution in [2.24, 2.45) is 0 Å². The van der Waals surface area contributed by atoms with Gasteiger partial charge in [0.15, 0.2) is 0 Å². The Morgan fingerprint density at radius 3 is 2.31 bits per heavy atom. The van der Waals surface area contributed by atoms with E-state index in [-0.39, 0.29) is 22.9 Å². The van der Waals surface area contributed by atoms with E-state index in [0.717, 1.165) is 33.9 Å². The number of carbonyl (C=O) groups is 1. The van der Waals surface area contributed by atoms with Gasteiger partial charge < -0.3 is 15.6 Å². The molecule has 7 nitrogen and oxygen atoms in total. The predicted molar refractivity (Wildman–Crippen MR) is 171 cm³/mol. The lowest BCUT2D eigenvalue weighted by Gasteiger charge is -2.18. The van der Waals surface area contributed by atoms with Gasteiger partial charge in [-0.1, -0.05) is 75.0 Å². The second-order valence-corrected chi connectivity index (χ2v) is 11.6. The Hall–Kier alpha value is -4.79. The highest BCUT2D eigenvalue weighted by Gasteiger charge is 2.26. The molecule has 5 aromatic rings. The molecular weight excluding hydrogens is 540 g/mol. The van der Waals surface area contributed by atoms with Crippen LogP contribution in [-0.2, 0) is 11.3 Å². The van der Waals surface area contributed by atoms with E-state index < -0.39 is 5.25 Å². The fourth-order valence-electron chi connectivity index (χ4n) is 5.36. The molecule has 0 spiro atoms. The molecule has 0 bridgehead atoms. The number of amides is 1. The molecule has 42 heavy (non-hydrogen) atoms. The number of nitrogen functional groups attached to an aromatic ring is 1. The summed E-state index contributed by atoms with van der Waals surface area (Å²) in [5.41, 5.74) is 11.9. The topological polar surface area (TPSA) is 121 Å². The van der Waals surface area contributed by atoms with Crippen molar-refractivity contribution in [3.8, 4) is 23.3 Å². The smallest absolute Gasteiger partial charge is 0.237 e. The van der Waals surface area contributed by atoms with E-state index >= 15 is 0 Å². The highest BCUT2D eigenvalue weighted by Crippen LogP contribution is 2.38. The van der Waals surface area contributed by atoms with Gasteiger partial charge in [0.2, 0.25) is 5.91 Å². The number of aryl methyl sites for hydroxylation is 1. The van der Waals surface area contributed by atoms with Crippen LogP contribution in [0.3, 0.4) is 0 Å². The van der Waals surface area contributed by atoms with Crippen LogP contribution in [0.15, 0.2) is 71.8 Å². The second kappa shape index (κ2) is 12.0. The molecule has 8 heteroatoms. The SMILES string of the molecule is CCC(Sc1nc(N)c(C#N)c(-c2ccc(C(C)C)cc2)c1C#N)C(=O)Nc1ccc2c(c1)c1ccccc1n2CC. The van der Waals surface area contributed by atoms with E-state index in [9.17, 15) is 15.3 Å². The van der Waals surface area contributed by atoms with Crippen LogP contribution in [0.25, 0.3) is 32.9 Å². The summed E-state index contributed by atoms with van der Waals surface area (Å²) in [7, 11) is 0. The summed E-state index contributed by atoms with van der Waals surface area (Å²) >= 11 is 1.19. The number of nitrogens with two attached hydrogens (primary N) is 1. The maximum Gasteiger partial charge on any atom is 0.237 e. The highest BCUT2D eigenvalue weighted by molar-refractivity contribution is 8.00.